The van der Waals surface area contributed by atoms with Gasteiger partial charge in [0.2, 0.25) is 5.95 Å². The van der Waals surface area contributed by atoms with Gasteiger partial charge in [0.05, 0.1) is 18.1 Å². The minimum atomic E-state index is -3.29. The summed E-state index contributed by atoms with van der Waals surface area (Å²) in [7, 11) is -3.29. The Morgan fingerprint density at radius 2 is 1.54 bits per heavy atom. The van der Waals surface area contributed by atoms with Gasteiger partial charge in [-0.2, -0.15) is 4.39 Å². The van der Waals surface area contributed by atoms with Crippen molar-refractivity contribution in [2.75, 3.05) is 19.5 Å². The second kappa shape index (κ2) is 6.90. The molecule has 0 unspecified atom stereocenters. The van der Waals surface area contributed by atoms with Crippen LogP contribution in [0.4, 0.5) is 4.39 Å². The van der Waals surface area contributed by atoms with Crippen LogP contribution in [0, 0.1) is 11.4 Å². The van der Waals surface area contributed by atoms with Gasteiger partial charge in [-0.05, 0) is 59.4 Å². The fourth-order valence-electron chi connectivity index (χ4n) is 3.31. The van der Waals surface area contributed by atoms with Gasteiger partial charge in [-0.1, -0.05) is 12.1 Å². The third-order valence-corrected chi connectivity index (χ3v) is 5.97. The smallest absolute Gasteiger partial charge is 0.212 e. The molecular weight excluding hydrogens is 357 g/mol. The molecule has 2 aromatic rings. The highest BCUT2D eigenvalue weighted by Gasteiger charge is 2.39. The topological polar surface area (TPSA) is 87.5 Å². The van der Waals surface area contributed by atoms with Crippen LogP contribution in [0.15, 0.2) is 47.5 Å². The molecule has 0 atom stereocenters. The Morgan fingerprint density at radius 3 is 2.00 bits per heavy atom. The lowest BCUT2D eigenvalue weighted by atomic mass is 9.84. The van der Waals surface area contributed by atoms with E-state index >= 15 is 0 Å². The van der Waals surface area contributed by atoms with E-state index in [4.69, 9.17) is 0 Å². The molecule has 1 aliphatic rings. The van der Waals surface area contributed by atoms with Crippen LogP contribution >= 0.6 is 0 Å². The van der Waals surface area contributed by atoms with E-state index in [1.165, 1.54) is 24.4 Å². The first-order valence-electron chi connectivity index (χ1n) is 8.14. The number of pyridine rings is 1. The van der Waals surface area contributed by atoms with E-state index in [0.29, 0.717) is 12.8 Å². The molecule has 5 nitrogen and oxygen atoms in total. The number of halogens is 1. The van der Waals surface area contributed by atoms with E-state index in [-0.39, 0.29) is 18.1 Å². The molecule has 0 saturated carbocycles. The van der Waals surface area contributed by atoms with Crippen LogP contribution in [-0.4, -0.2) is 43.1 Å². The number of allylic oxidation sites excluding steroid dienone is 2. The first-order chi connectivity index (χ1) is 12.3. The monoisotopic (exact) mass is 377 g/mol. The lowest BCUT2D eigenvalue weighted by Gasteiger charge is -2.24. The number of sulfone groups is 1. The molecule has 0 aliphatic heterocycles. The van der Waals surface area contributed by atoms with Gasteiger partial charge in [0.15, 0.2) is 9.84 Å². The number of aliphatic hydroxyl groups excluding tert-OH is 2. The Morgan fingerprint density at radius 1 is 1.00 bits per heavy atom. The maximum Gasteiger partial charge on any atom is 0.212 e. The molecule has 138 valence electrons. The van der Waals surface area contributed by atoms with Crippen molar-refractivity contribution in [3.63, 3.8) is 0 Å². The fourth-order valence-corrected chi connectivity index (χ4v) is 3.94. The van der Waals surface area contributed by atoms with E-state index < -0.39 is 21.2 Å². The van der Waals surface area contributed by atoms with E-state index in [1.807, 2.05) is 0 Å². The minimum Gasteiger partial charge on any atom is -0.396 e. The summed E-state index contributed by atoms with van der Waals surface area (Å²) in [4.78, 5) is 3.92. The van der Waals surface area contributed by atoms with Crippen molar-refractivity contribution in [3.8, 4) is 0 Å². The Bertz CT molecular complexity index is 931. The van der Waals surface area contributed by atoms with Crippen molar-refractivity contribution in [3.05, 3.63) is 59.7 Å². The molecule has 0 fully saturated rings. The van der Waals surface area contributed by atoms with E-state index in [2.05, 4.69) is 4.98 Å². The average Bonchev–Trinajstić information content (AvgIpc) is 3.02. The van der Waals surface area contributed by atoms with E-state index in [1.54, 1.807) is 18.2 Å². The summed E-state index contributed by atoms with van der Waals surface area (Å²) in [6.07, 6.45) is 3.44. The lowest BCUT2D eigenvalue weighted by Crippen LogP contribution is -2.27. The molecule has 1 aromatic carbocycles. The molecule has 3 rings (SSSR count). The number of hydrogen-bond donors (Lipinski definition) is 2. The standard InChI is InChI=1S/C19H20FNO4S/c1-26(24,25)15-5-2-13(3-6-15)16-8-19(11-22,12-23)9-17(16)14-4-7-18(20)21-10-14/h2-7,10,22-23H,8-9,11-12H2,1H3. The van der Waals surface area contributed by atoms with Gasteiger partial charge in [-0.15, -0.1) is 0 Å². The third kappa shape index (κ3) is 3.56. The Labute approximate surface area is 151 Å². The van der Waals surface area contributed by atoms with Crippen LogP contribution < -0.4 is 0 Å². The van der Waals surface area contributed by atoms with Crippen LogP contribution in [-0.2, 0) is 9.84 Å². The number of nitrogens with zero attached hydrogens (tertiary/aromatic N) is 1. The molecular formula is C19H20FNO4S. The Kier molecular flexibility index (Phi) is 4.96. The minimum absolute atomic E-state index is 0.188. The molecule has 1 aromatic heterocycles. The number of benzene rings is 1. The molecule has 0 spiro atoms. The average molecular weight is 377 g/mol. The molecule has 0 saturated heterocycles. The second-order valence-corrected chi connectivity index (χ2v) is 8.81. The summed E-state index contributed by atoms with van der Waals surface area (Å²) in [5.74, 6) is -0.581. The van der Waals surface area contributed by atoms with E-state index in [0.717, 1.165) is 28.5 Å². The van der Waals surface area contributed by atoms with Crippen molar-refractivity contribution < 1.29 is 23.0 Å². The zero-order valence-electron chi connectivity index (χ0n) is 14.3. The zero-order valence-corrected chi connectivity index (χ0v) is 15.1. The Hall–Kier alpha value is -2.09. The van der Waals surface area contributed by atoms with Crippen LogP contribution in [0.3, 0.4) is 0 Å². The van der Waals surface area contributed by atoms with Gasteiger partial charge >= 0.3 is 0 Å². The van der Waals surface area contributed by atoms with Gasteiger partial charge in [0, 0.05) is 17.9 Å². The van der Waals surface area contributed by atoms with Gasteiger partial charge < -0.3 is 10.2 Å². The molecule has 1 heterocycles. The van der Waals surface area contributed by atoms with Gasteiger partial charge in [0.1, 0.15) is 0 Å². The van der Waals surface area contributed by atoms with Crippen molar-refractivity contribution in [2.45, 2.75) is 17.7 Å². The van der Waals surface area contributed by atoms with Gasteiger partial charge in [0.25, 0.3) is 0 Å². The molecule has 7 heteroatoms. The van der Waals surface area contributed by atoms with Gasteiger partial charge in [-0.3, -0.25) is 0 Å². The predicted octanol–water partition coefficient (Wildman–Crippen LogP) is 2.30. The summed E-state index contributed by atoms with van der Waals surface area (Å²) < 4.78 is 36.5. The second-order valence-electron chi connectivity index (χ2n) is 6.79. The van der Waals surface area contributed by atoms with Gasteiger partial charge in [-0.25, -0.2) is 13.4 Å². The van der Waals surface area contributed by atoms with Crippen LogP contribution in [0.25, 0.3) is 11.1 Å². The summed E-state index contributed by atoms with van der Waals surface area (Å²) in [5, 5.41) is 19.6. The quantitative estimate of drug-likeness (QED) is 0.781. The van der Waals surface area contributed by atoms with Crippen molar-refractivity contribution in [2.24, 2.45) is 5.41 Å². The number of rotatable bonds is 5. The maximum atomic E-state index is 13.2. The SMILES string of the molecule is CS(=O)(=O)c1ccc(C2=C(c3ccc(F)nc3)CC(CO)(CO)C2)cc1. The third-order valence-electron chi connectivity index (χ3n) is 4.85. The summed E-state index contributed by atoms with van der Waals surface area (Å²) >= 11 is 0. The maximum absolute atomic E-state index is 13.2. The van der Waals surface area contributed by atoms with Crippen LogP contribution in [0.5, 0.6) is 0 Å². The van der Waals surface area contributed by atoms with Crippen molar-refractivity contribution in [1.29, 1.82) is 0 Å². The first kappa shape index (κ1) is 18.7. The largest absolute Gasteiger partial charge is 0.396 e. The highest BCUT2D eigenvalue weighted by molar-refractivity contribution is 7.90. The molecule has 1 aliphatic carbocycles. The lowest BCUT2D eigenvalue weighted by molar-refractivity contribution is 0.0677. The summed E-state index contributed by atoms with van der Waals surface area (Å²) in [5.41, 5.74) is 2.58. The first-order valence-corrected chi connectivity index (χ1v) is 10.0. The highest BCUT2D eigenvalue weighted by atomic mass is 32.2. The Balaban J connectivity index is 2.09. The zero-order chi connectivity index (χ0) is 18.9. The van der Waals surface area contributed by atoms with Crippen molar-refractivity contribution in [1.82, 2.24) is 4.98 Å². The van der Waals surface area contributed by atoms with Crippen LogP contribution in [0.1, 0.15) is 24.0 Å². The van der Waals surface area contributed by atoms with E-state index in [9.17, 15) is 23.0 Å². The summed E-state index contributed by atoms with van der Waals surface area (Å²) in [6.45, 7) is -0.376. The van der Waals surface area contributed by atoms with Crippen LogP contribution in [0.2, 0.25) is 0 Å². The molecule has 2 N–H and O–H groups in total. The highest BCUT2D eigenvalue weighted by Crippen LogP contribution is 2.49. The summed E-state index contributed by atoms with van der Waals surface area (Å²) in [6, 6.07) is 9.39. The molecule has 26 heavy (non-hydrogen) atoms. The molecule has 0 radical (unpaired) electrons. The predicted molar refractivity (Wildman–Crippen MR) is 96.4 cm³/mol. The number of hydrogen-bond acceptors (Lipinski definition) is 5. The molecule has 0 bridgehead atoms. The number of aromatic nitrogens is 1. The fraction of sp³-hybridized carbons (Fsp3) is 0.316. The normalized spacial score (nSPS) is 16.9. The van der Waals surface area contributed by atoms with Crippen molar-refractivity contribution >= 4 is 21.0 Å². The number of aliphatic hydroxyl groups is 2. The molecule has 0 amide bonds.